The van der Waals surface area contributed by atoms with E-state index in [1.807, 2.05) is 0 Å². The van der Waals surface area contributed by atoms with Crippen molar-refractivity contribution in [2.75, 3.05) is 6.61 Å². The molecule has 0 N–H and O–H groups in total. The molecule has 146 valence electrons. The Hall–Kier alpha value is -0.950. The first kappa shape index (κ1) is 18.4. The Morgan fingerprint density at radius 1 is 1.08 bits per heavy atom. The molecular formula is C20H30O6. The molecule has 4 atom stereocenters. The molecule has 4 unspecified atom stereocenters. The monoisotopic (exact) mass is 366 g/mol. The SMILES string of the molecule is C=C(C)C(=O)OCCCCCC(OC12CCCC1O2)OC12CCCC1O2. The van der Waals surface area contributed by atoms with Gasteiger partial charge in [-0.25, -0.2) is 4.79 Å². The molecule has 2 aliphatic carbocycles. The van der Waals surface area contributed by atoms with Crippen LogP contribution in [0.2, 0.25) is 0 Å². The van der Waals surface area contributed by atoms with Crippen LogP contribution in [0.3, 0.4) is 0 Å². The molecule has 0 aromatic heterocycles. The van der Waals surface area contributed by atoms with E-state index in [9.17, 15) is 4.79 Å². The van der Waals surface area contributed by atoms with Crippen molar-refractivity contribution < 1.29 is 28.5 Å². The summed E-state index contributed by atoms with van der Waals surface area (Å²) in [6, 6.07) is 0. The second-order valence-corrected chi connectivity index (χ2v) is 8.05. The molecule has 2 heterocycles. The summed E-state index contributed by atoms with van der Waals surface area (Å²) in [6.45, 7) is 5.67. The number of epoxide rings is 2. The van der Waals surface area contributed by atoms with E-state index >= 15 is 0 Å². The zero-order chi connectivity index (χ0) is 18.2. The average Bonchev–Trinajstić information content (AvgIpc) is 3.37. The van der Waals surface area contributed by atoms with Gasteiger partial charge in [-0.3, -0.25) is 0 Å². The highest BCUT2D eigenvalue weighted by atomic mass is 16.9. The Bertz CT molecular complexity index is 533. The van der Waals surface area contributed by atoms with Crippen LogP contribution in [0.1, 0.15) is 71.1 Å². The van der Waals surface area contributed by atoms with Crippen molar-refractivity contribution >= 4 is 5.97 Å². The Morgan fingerprint density at radius 3 is 2.15 bits per heavy atom. The topological polar surface area (TPSA) is 69.8 Å². The molecule has 0 spiro atoms. The predicted molar refractivity (Wildman–Crippen MR) is 93.1 cm³/mol. The van der Waals surface area contributed by atoms with Gasteiger partial charge in [0, 0.05) is 18.4 Å². The minimum absolute atomic E-state index is 0.257. The molecule has 0 radical (unpaired) electrons. The van der Waals surface area contributed by atoms with Crippen molar-refractivity contribution in [2.45, 2.75) is 101 Å². The zero-order valence-electron chi connectivity index (χ0n) is 15.7. The van der Waals surface area contributed by atoms with Gasteiger partial charge in [-0.15, -0.1) is 0 Å². The highest BCUT2D eigenvalue weighted by Crippen LogP contribution is 2.55. The maximum Gasteiger partial charge on any atom is 0.333 e. The fraction of sp³-hybridized carbons (Fsp3) is 0.850. The summed E-state index contributed by atoms with van der Waals surface area (Å²) < 4.78 is 29.2. The van der Waals surface area contributed by atoms with Crippen LogP contribution >= 0.6 is 0 Å². The van der Waals surface area contributed by atoms with E-state index in [-0.39, 0.29) is 36.0 Å². The summed E-state index contributed by atoms with van der Waals surface area (Å²) in [5.74, 6) is -1.09. The Labute approximate surface area is 155 Å². The second-order valence-electron chi connectivity index (χ2n) is 8.05. The highest BCUT2D eigenvalue weighted by molar-refractivity contribution is 5.86. The highest BCUT2D eigenvalue weighted by Gasteiger charge is 2.65. The fourth-order valence-corrected chi connectivity index (χ4v) is 4.27. The number of unbranched alkanes of at least 4 members (excludes halogenated alkanes) is 2. The van der Waals surface area contributed by atoms with Gasteiger partial charge in [0.25, 0.3) is 0 Å². The van der Waals surface area contributed by atoms with Crippen molar-refractivity contribution in [3.63, 3.8) is 0 Å². The van der Waals surface area contributed by atoms with Crippen molar-refractivity contribution in [2.24, 2.45) is 0 Å². The van der Waals surface area contributed by atoms with Gasteiger partial charge in [-0.2, -0.15) is 0 Å². The van der Waals surface area contributed by atoms with Crippen LogP contribution in [0.5, 0.6) is 0 Å². The lowest BCUT2D eigenvalue weighted by Crippen LogP contribution is -2.32. The Kier molecular flexibility index (Phi) is 5.12. The number of ether oxygens (including phenoxy) is 5. The van der Waals surface area contributed by atoms with E-state index < -0.39 is 0 Å². The number of esters is 1. The van der Waals surface area contributed by atoms with E-state index in [2.05, 4.69) is 6.58 Å². The molecular weight excluding hydrogens is 336 g/mol. The van der Waals surface area contributed by atoms with Crippen LogP contribution < -0.4 is 0 Å². The Morgan fingerprint density at radius 2 is 1.69 bits per heavy atom. The summed E-state index contributed by atoms with van der Waals surface area (Å²) in [6.07, 6.45) is 10.2. The Balaban J connectivity index is 1.20. The third-order valence-corrected chi connectivity index (χ3v) is 5.86. The minimum atomic E-state index is -0.388. The summed E-state index contributed by atoms with van der Waals surface area (Å²) >= 11 is 0. The van der Waals surface area contributed by atoms with Gasteiger partial charge in [0.15, 0.2) is 17.9 Å². The van der Waals surface area contributed by atoms with Gasteiger partial charge in [-0.05, 0) is 58.3 Å². The summed E-state index contributed by atoms with van der Waals surface area (Å²) in [5.41, 5.74) is 0.441. The van der Waals surface area contributed by atoms with Crippen molar-refractivity contribution in [3.8, 4) is 0 Å². The molecule has 2 saturated carbocycles. The van der Waals surface area contributed by atoms with Crippen LogP contribution in [0.4, 0.5) is 0 Å². The van der Waals surface area contributed by atoms with Crippen molar-refractivity contribution in [1.82, 2.24) is 0 Å². The van der Waals surface area contributed by atoms with E-state index in [0.29, 0.717) is 12.2 Å². The van der Waals surface area contributed by atoms with Gasteiger partial charge < -0.3 is 23.7 Å². The molecule has 0 aromatic rings. The number of hydrogen-bond donors (Lipinski definition) is 0. The van der Waals surface area contributed by atoms with Gasteiger partial charge >= 0.3 is 5.97 Å². The maximum absolute atomic E-state index is 11.4. The van der Waals surface area contributed by atoms with Gasteiger partial charge in [0.05, 0.1) is 6.61 Å². The van der Waals surface area contributed by atoms with Gasteiger partial charge in [-0.1, -0.05) is 6.58 Å². The average molecular weight is 366 g/mol. The van der Waals surface area contributed by atoms with E-state index in [1.165, 1.54) is 0 Å². The lowest BCUT2D eigenvalue weighted by molar-refractivity contribution is -0.254. The largest absolute Gasteiger partial charge is 0.462 e. The lowest BCUT2D eigenvalue weighted by Gasteiger charge is -2.24. The molecule has 4 rings (SSSR count). The quantitative estimate of drug-likeness (QED) is 0.183. The number of carbonyl (C=O) groups is 1. The molecule has 2 aliphatic heterocycles. The van der Waals surface area contributed by atoms with Crippen LogP contribution in [0, 0.1) is 0 Å². The zero-order valence-corrected chi connectivity index (χ0v) is 15.7. The van der Waals surface area contributed by atoms with Crippen LogP contribution in [0.15, 0.2) is 12.2 Å². The first-order valence-corrected chi connectivity index (χ1v) is 10.1. The summed E-state index contributed by atoms with van der Waals surface area (Å²) in [5, 5.41) is 0. The van der Waals surface area contributed by atoms with E-state index in [4.69, 9.17) is 23.7 Å². The van der Waals surface area contributed by atoms with Crippen LogP contribution in [-0.2, 0) is 28.5 Å². The number of carbonyl (C=O) groups excluding carboxylic acids is 1. The molecule has 26 heavy (non-hydrogen) atoms. The minimum Gasteiger partial charge on any atom is -0.462 e. The molecule has 6 heteroatoms. The third-order valence-electron chi connectivity index (χ3n) is 5.86. The summed E-state index contributed by atoms with van der Waals surface area (Å²) in [4.78, 5) is 11.4. The standard InChI is InChI=1S/C20H30O6/c1-14(2)18(21)22-13-5-3-4-10-17(25-19-11-6-8-15(19)23-19)26-20-12-7-9-16(20)24-20/h15-17H,1,3-13H2,2H3. The van der Waals surface area contributed by atoms with Crippen LogP contribution in [-0.4, -0.2) is 42.6 Å². The predicted octanol–water partition coefficient (Wildman–Crippen LogP) is 3.58. The fourth-order valence-electron chi connectivity index (χ4n) is 4.27. The van der Waals surface area contributed by atoms with E-state index in [0.717, 1.165) is 64.2 Å². The second kappa shape index (κ2) is 7.23. The normalized spacial score (nSPS) is 37.7. The molecule has 0 amide bonds. The number of rotatable bonds is 11. The molecule has 0 bridgehead atoms. The number of hydrogen-bond acceptors (Lipinski definition) is 6. The molecule has 4 aliphatic rings. The molecule has 6 nitrogen and oxygen atoms in total. The first-order valence-electron chi connectivity index (χ1n) is 10.1. The third kappa shape index (κ3) is 3.84. The molecule has 2 saturated heterocycles. The van der Waals surface area contributed by atoms with Crippen molar-refractivity contribution in [3.05, 3.63) is 12.2 Å². The lowest BCUT2D eigenvalue weighted by atomic mass is 10.2. The maximum atomic E-state index is 11.4. The van der Waals surface area contributed by atoms with Gasteiger partial charge in [0.2, 0.25) is 0 Å². The number of fused-ring (bicyclic) bond motifs is 2. The van der Waals surface area contributed by atoms with E-state index in [1.54, 1.807) is 6.92 Å². The van der Waals surface area contributed by atoms with Crippen molar-refractivity contribution in [1.29, 1.82) is 0 Å². The van der Waals surface area contributed by atoms with Crippen LogP contribution in [0.25, 0.3) is 0 Å². The van der Waals surface area contributed by atoms with Gasteiger partial charge in [0.1, 0.15) is 12.2 Å². The first-order chi connectivity index (χ1) is 12.5. The summed E-state index contributed by atoms with van der Waals surface area (Å²) in [7, 11) is 0. The molecule has 4 fully saturated rings. The smallest absolute Gasteiger partial charge is 0.333 e. The molecule has 0 aromatic carbocycles.